The summed E-state index contributed by atoms with van der Waals surface area (Å²) in [7, 11) is 0. The molecule has 0 aliphatic rings. The molecule has 0 aromatic heterocycles. The molecule has 0 unspecified atom stereocenters. The van der Waals surface area contributed by atoms with Crippen molar-refractivity contribution in [3.05, 3.63) is 38.9 Å². The van der Waals surface area contributed by atoms with Crippen LogP contribution in [0, 0.1) is 10.1 Å². The van der Waals surface area contributed by atoms with Gasteiger partial charge in [0.1, 0.15) is 5.56 Å². The van der Waals surface area contributed by atoms with E-state index in [1.54, 1.807) is 6.92 Å². The number of hydrogen-bond donors (Lipinski definition) is 1. The zero-order chi connectivity index (χ0) is 15.3. The van der Waals surface area contributed by atoms with E-state index >= 15 is 0 Å². The van der Waals surface area contributed by atoms with Gasteiger partial charge in [-0.15, -0.1) is 0 Å². The van der Waals surface area contributed by atoms with E-state index in [0.717, 1.165) is 6.07 Å². The molecule has 0 heterocycles. The third-order valence-corrected chi connectivity index (χ3v) is 2.89. The SMILES string of the molecule is CCN(CCC(=O)O)C(=O)c1cc(Cl)ccc1[N+](=O)[O-]. The monoisotopic (exact) mass is 300 g/mol. The van der Waals surface area contributed by atoms with E-state index in [-0.39, 0.29) is 35.8 Å². The first-order chi connectivity index (χ1) is 9.36. The first kappa shape index (κ1) is 15.9. The molecule has 0 radical (unpaired) electrons. The fraction of sp³-hybridized carbons (Fsp3) is 0.333. The first-order valence-corrected chi connectivity index (χ1v) is 6.19. The third kappa shape index (κ3) is 3.92. The van der Waals surface area contributed by atoms with E-state index in [1.807, 2.05) is 0 Å². The van der Waals surface area contributed by atoms with Gasteiger partial charge < -0.3 is 10.0 Å². The predicted molar refractivity (Wildman–Crippen MR) is 71.9 cm³/mol. The highest BCUT2D eigenvalue weighted by Crippen LogP contribution is 2.24. The van der Waals surface area contributed by atoms with Gasteiger partial charge in [0.25, 0.3) is 11.6 Å². The third-order valence-electron chi connectivity index (χ3n) is 2.65. The Labute approximate surface area is 119 Å². The number of benzene rings is 1. The number of halogens is 1. The molecule has 0 spiro atoms. The van der Waals surface area contributed by atoms with Crippen LogP contribution in [0.1, 0.15) is 23.7 Å². The van der Waals surface area contributed by atoms with Gasteiger partial charge in [0.15, 0.2) is 0 Å². The van der Waals surface area contributed by atoms with Crippen LogP contribution in [0.25, 0.3) is 0 Å². The molecule has 1 aromatic carbocycles. The molecule has 1 N–H and O–H groups in total. The van der Waals surface area contributed by atoms with Crippen LogP contribution in [0.3, 0.4) is 0 Å². The Bertz CT molecular complexity index is 547. The van der Waals surface area contributed by atoms with Crippen LogP contribution in [0.4, 0.5) is 5.69 Å². The van der Waals surface area contributed by atoms with Crippen LogP contribution in [0.2, 0.25) is 5.02 Å². The molecule has 0 saturated carbocycles. The summed E-state index contributed by atoms with van der Waals surface area (Å²) >= 11 is 5.75. The number of rotatable bonds is 6. The largest absolute Gasteiger partial charge is 0.481 e. The lowest BCUT2D eigenvalue weighted by atomic mass is 10.1. The smallest absolute Gasteiger partial charge is 0.305 e. The number of nitrogens with zero attached hydrogens (tertiary/aromatic N) is 2. The van der Waals surface area contributed by atoms with E-state index in [2.05, 4.69) is 0 Å². The number of carbonyl (C=O) groups excluding carboxylic acids is 1. The quantitative estimate of drug-likeness (QED) is 0.641. The zero-order valence-corrected chi connectivity index (χ0v) is 11.5. The lowest BCUT2D eigenvalue weighted by Gasteiger charge is -2.20. The second kappa shape index (κ2) is 6.85. The van der Waals surface area contributed by atoms with Crippen LogP contribution in [0.5, 0.6) is 0 Å². The van der Waals surface area contributed by atoms with Crippen molar-refractivity contribution in [2.45, 2.75) is 13.3 Å². The highest BCUT2D eigenvalue weighted by Gasteiger charge is 2.24. The Morgan fingerprint density at radius 3 is 2.60 bits per heavy atom. The van der Waals surface area contributed by atoms with Crippen LogP contribution in [-0.2, 0) is 4.79 Å². The highest BCUT2D eigenvalue weighted by molar-refractivity contribution is 6.31. The lowest BCUT2D eigenvalue weighted by Crippen LogP contribution is -2.33. The minimum atomic E-state index is -1.04. The molecule has 1 rings (SSSR count). The maximum absolute atomic E-state index is 12.2. The average Bonchev–Trinajstić information content (AvgIpc) is 2.38. The highest BCUT2D eigenvalue weighted by atomic mass is 35.5. The van der Waals surface area contributed by atoms with Gasteiger partial charge >= 0.3 is 5.97 Å². The minimum absolute atomic E-state index is 0.0195. The number of aliphatic carboxylic acids is 1. The fourth-order valence-corrected chi connectivity index (χ4v) is 1.82. The van der Waals surface area contributed by atoms with E-state index in [0.29, 0.717) is 0 Å². The number of nitro benzene ring substituents is 1. The van der Waals surface area contributed by atoms with Gasteiger partial charge in [-0.05, 0) is 19.1 Å². The Hall–Kier alpha value is -2.15. The predicted octanol–water partition coefficient (Wildman–Crippen LogP) is 2.18. The first-order valence-electron chi connectivity index (χ1n) is 5.81. The molecule has 0 atom stereocenters. The number of nitro groups is 1. The molecular weight excluding hydrogens is 288 g/mol. The van der Waals surface area contributed by atoms with Crippen molar-refractivity contribution < 1.29 is 19.6 Å². The molecule has 0 saturated heterocycles. The summed E-state index contributed by atoms with van der Waals surface area (Å²) in [6.45, 7) is 1.89. The topological polar surface area (TPSA) is 101 Å². The molecule has 1 aromatic rings. The van der Waals surface area contributed by atoms with Gasteiger partial charge in [0, 0.05) is 24.2 Å². The Balaban J connectivity index is 3.08. The summed E-state index contributed by atoms with van der Waals surface area (Å²) in [6, 6.07) is 3.69. The summed E-state index contributed by atoms with van der Waals surface area (Å²) in [5.74, 6) is -1.65. The van der Waals surface area contributed by atoms with Crippen molar-refractivity contribution in [3.63, 3.8) is 0 Å². The number of hydrogen-bond acceptors (Lipinski definition) is 4. The minimum Gasteiger partial charge on any atom is -0.481 e. The zero-order valence-electron chi connectivity index (χ0n) is 10.7. The molecule has 1 amide bonds. The molecule has 0 fully saturated rings. The van der Waals surface area contributed by atoms with Crippen LogP contribution < -0.4 is 0 Å². The summed E-state index contributed by atoms with van der Waals surface area (Å²) in [4.78, 5) is 34.2. The van der Waals surface area contributed by atoms with Gasteiger partial charge in [-0.2, -0.15) is 0 Å². The van der Waals surface area contributed by atoms with E-state index in [4.69, 9.17) is 16.7 Å². The summed E-state index contributed by atoms with van der Waals surface area (Å²) in [5.41, 5.74) is -0.497. The van der Waals surface area contributed by atoms with Crippen molar-refractivity contribution in [1.29, 1.82) is 0 Å². The van der Waals surface area contributed by atoms with E-state index in [9.17, 15) is 19.7 Å². The summed E-state index contributed by atoms with van der Waals surface area (Å²) in [5, 5.41) is 19.7. The summed E-state index contributed by atoms with van der Waals surface area (Å²) in [6.07, 6.45) is -0.228. The second-order valence-corrected chi connectivity index (χ2v) is 4.38. The molecule has 0 bridgehead atoms. The maximum atomic E-state index is 12.2. The van der Waals surface area contributed by atoms with Crippen molar-refractivity contribution in [2.75, 3.05) is 13.1 Å². The van der Waals surface area contributed by atoms with Crippen molar-refractivity contribution >= 4 is 29.2 Å². The second-order valence-electron chi connectivity index (χ2n) is 3.95. The van der Waals surface area contributed by atoms with Crippen molar-refractivity contribution in [3.8, 4) is 0 Å². The van der Waals surface area contributed by atoms with E-state index in [1.165, 1.54) is 17.0 Å². The molecule has 0 aliphatic carbocycles. The van der Waals surface area contributed by atoms with Gasteiger partial charge in [0.2, 0.25) is 0 Å². The lowest BCUT2D eigenvalue weighted by molar-refractivity contribution is -0.385. The number of amides is 1. The van der Waals surface area contributed by atoms with E-state index < -0.39 is 16.8 Å². The van der Waals surface area contributed by atoms with Gasteiger partial charge in [-0.1, -0.05) is 11.6 Å². The van der Waals surface area contributed by atoms with Crippen LogP contribution in [-0.4, -0.2) is 39.9 Å². The van der Waals surface area contributed by atoms with Crippen molar-refractivity contribution in [2.24, 2.45) is 0 Å². The molecule has 20 heavy (non-hydrogen) atoms. The molecular formula is C12H13ClN2O5. The maximum Gasteiger partial charge on any atom is 0.305 e. The number of carbonyl (C=O) groups is 2. The molecule has 108 valence electrons. The normalized spacial score (nSPS) is 10.1. The standard InChI is InChI=1S/C12H13ClN2O5/c1-2-14(6-5-11(16)17)12(18)9-7-8(13)3-4-10(9)15(19)20/h3-4,7H,2,5-6H2,1H3,(H,16,17). The Morgan fingerprint density at radius 1 is 1.45 bits per heavy atom. The Kier molecular flexibility index (Phi) is 5.45. The van der Waals surface area contributed by atoms with Gasteiger partial charge in [-0.3, -0.25) is 19.7 Å². The molecule has 0 aliphatic heterocycles. The van der Waals surface area contributed by atoms with Crippen molar-refractivity contribution in [1.82, 2.24) is 4.90 Å². The average molecular weight is 301 g/mol. The summed E-state index contributed by atoms with van der Waals surface area (Å²) < 4.78 is 0. The molecule has 7 nitrogen and oxygen atoms in total. The Morgan fingerprint density at radius 2 is 2.10 bits per heavy atom. The van der Waals surface area contributed by atoms with Gasteiger partial charge in [-0.25, -0.2) is 0 Å². The van der Waals surface area contributed by atoms with Crippen LogP contribution >= 0.6 is 11.6 Å². The number of carboxylic acids is 1. The van der Waals surface area contributed by atoms with Crippen LogP contribution in [0.15, 0.2) is 18.2 Å². The van der Waals surface area contributed by atoms with Gasteiger partial charge in [0.05, 0.1) is 11.3 Å². The fourth-order valence-electron chi connectivity index (χ4n) is 1.64. The molecule has 8 heteroatoms. The number of carboxylic acid groups (broad SMARTS) is 1.